The van der Waals surface area contributed by atoms with E-state index in [1.54, 1.807) is 0 Å². The molecule has 0 saturated heterocycles. The number of rotatable bonds is 7. The molecule has 4 nitrogen and oxygen atoms in total. The maximum Gasteiger partial charge on any atom is 0.110 e. The van der Waals surface area contributed by atoms with Gasteiger partial charge in [-0.25, -0.2) is 4.98 Å². The smallest absolute Gasteiger partial charge is 0.110 e. The molecule has 0 fully saturated rings. The van der Waals surface area contributed by atoms with Crippen LogP contribution in [0, 0.1) is 0 Å². The predicted octanol–water partition coefficient (Wildman–Crippen LogP) is 2.06. The maximum absolute atomic E-state index is 4.47. The van der Waals surface area contributed by atoms with Crippen molar-refractivity contribution in [1.82, 2.24) is 19.9 Å². The number of pyridine rings is 1. The summed E-state index contributed by atoms with van der Waals surface area (Å²) in [7, 11) is 2.01. The third kappa shape index (κ3) is 3.89. The Morgan fingerprint density at radius 3 is 2.68 bits per heavy atom. The minimum atomic E-state index is 0.403. The molecule has 0 aliphatic carbocycles. The molecule has 1 atom stereocenters. The Morgan fingerprint density at radius 2 is 2.00 bits per heavy atom. The van der Waals surface area contributed by atoms with Crippen LogP contribution in [0.4, 0.5) is 0 Å². The maximum atomic E-state index is 4.47. The molecule has 0 aliphatic rings. The zero-order chi connectivity index (χ0) is 13.5. The van der Waals surface area contributed by atoms with E-state index in [9.17, 15) is 0 Å². The molecule has 0 radical (unpaired) electrons. The standard InChI is InChI=1S/C15H22N4/c1-3-9-19-10-8-18-15(19)12-14(16-2)11-13-4-6-17-7-5-13/h4-8,10,14,16H,3,9,11-12H2,1-2H3. The minimum absolute atomic E-state index is 0.403. The molecule has 4 heteroatoms. The number of likely N-dealkylation sites (N-methyl/N-ethyl adjacent to an activating group) is 1. The average molecular weight is 258 g/mol. The summed E-state index contributed by atoms with van der Waals surface area (Å²) in [5.41, 5.74) is 1.31. The summed E-state index contributed by atoms with van der Waals surface area (Å²) >= 11 is 0. The lowest BCUT2D eigenvalue weighted by Crippen LogP contribution is -2.31. The van der Waals surface area contributed by atoms with E-state index >= 15 is 0 Å². The van der Waals surface area contributed by atoms with Crippen LogP contribution in [-0.4, -0.2) is 27.6 Å². The van der Waals surface area contributed by atoms with E-state index in [0.29, 0.717) is 6.04 Å². The van der Waals surface area contributed by atoms with Crippen LogP contribution in [0.1, 0.15) is 24.7 Å². The van der Waals surface area contributed by atoms with E-state index in [-0.39, 0.29) is 0 Å². The highest BCUT2D eigenvalue weighted by molar-refractivity contribution is 5.12. The van der Waals surface area contributed by atoms with Crippen molar-refractivity contribution < 1.29 is 0 Å². The third-order valence-electron chi connectivity index (χ3n) is 3.33. The van der Waals surface area contributed by atoms with Gasteiger partial charge in [-0.3, -0.25) is 4.98 Å². The number of nitrogens with zero attached hydrogens (tertiary/aromatic N) is 3. The molecule has 1 N–H and O–H groups in total. The first-order chi connectivity index (χ1) is 9.33. The SMILES string of the molecule is CCCn1ccnc1CC(Cc1ccncc1)NC. The summed E-state index contributed by atoms with van der Waals surface area (Å²) in [6.07, 6.45) is 10.7. The summed E-state index contributed by atoms with van der Waals surface area (Å²) in [5.74, 6) is 1.16. The van der Waals surface area contributed by atoms with Crippen LogP contribution in [0.15, 0.2) is 36.9 Å². The van der Waals surface area contributed by atoms with E-state index in [1.165, 1.54) is 5.56 Å². The van der Waals surface area contributed by atoms with E-state index in [4.69, 9.17) is 0 Å². The molecular weight excluding hydrogens is 236 g/mol. The molecule has 102 valence electrons. The summed E-state index contributed by atoms with van der Waals surface area (Å²) in [4.78, 5) is 8.53. The van der Waals surface area contributed by atoms with Crippen molar-refractivity contribution >= 4 is 0 Å². The van der Waals surface area contributed by atoms with Crippen LogP contribution in [0.5, 0.6) is 0 Å². The van der Waals surface area contributed by atoms with Crippen LogP contribution < -0.4 is 5.32 Å². The molecule has 2 heterocycles. The van der Waals surface area contributed by atoms with Crippen molar-refractivity contribution in [2.75, 3.05) is 7.05 Å². The van der Waals surface area contributed by atoms with Gasteiger partial charge in [0.25, 0.3) is 0 Å². The van der Waals surface area contributed by atoms with Gasteiger partial charge in [0.05, 0.1) is 0 Å². The van der Waals surface area contributed by atoms with Gasteiger partial charge in [0, 0.05) is 43.8 Å². The first kappa shape index (κ1) is 13.7. The molecule has 2 aromatic heterocycles. The number of nitrogens with one attached hydrogen (secondary N) is 1. The first-order valence-corrected chi connectivity index (χ1v) is 6.89. The van der Waals surface area contributed by atoms with Crippen molar-refractivity contribution in [1.29, 1.82) is 0 Å². The first-order valence-electron chi connectivity index (χ1n) is 6.89. The Bertz CT molecular complexity index is 478. The quantitative estimate of drug-likeness (QED) is 0.826. The Labute approximate surface area is 114 Å². The second-order valence-corrected chi connectivity index (χ2v) is 4.79. The molecule has 0 saturated carbocycles. The fourth-order valence-corrected chi connectivity index (χ4v) is 2.27. The Kier molecular flexibility index (Phi) is 5.10. The van der Waals surface area contributed by atoms with Crippen LogP contribution in [0.2, 0.25) is 0 Å². The van der Waals surface area contributed by atoms with E-state index in [1.807, 2.05) is 25.6 Å². The Morgan fingerprint density at radius 1 is 1.21 bits per heavy atom. The highest BCUT2D eigenvalue weighted by Gasteiger charge is 2.12. The van der Waals surface area contributed by atoms with Gasteiger partial charge in [-0.15, -0.1) is 0 Å². The van der Waals surface area contributed by atoms with Crippen molar-refractivity contribution in [3.8, 4) is 0 Å². The second-order valence-electron chi connectivity index (χ2n) is 4.79. The van der Waals surface area contributed by atoms with Gasteiger partial charge < -0.3 is 9.88 Å². The highest BCUT2D eigenvalue weighted by Crippen LogP contribution is 2.08. The Balaban J connectivity index is 2.00. The van der Waals surface area contributed by atoms with Gasteiger partial charge in [-0.2, -0.15) is 0 Å². The number of aryl methyl sites for hydroxylation is 1. The number of hydrogen-bond donors (Lipinski definition) is 1. The highest BCUT2D eigenvalue weighted by atomic mass is 15.1. The third-order valence-corrected chi connectivity index (χ3v) is 3.33. The van der Waals surface area contributed by atoms with Crippen LogP contribution in [0.3, 0.4) is 0 Å². The molecule has 0 aliphatic heterocycles. The van der Waals surface area contributed by atoms with Gasteiger partial charge >= 0.3 is 0 Å². The van der Waals surface area contributed by atoms with E-state index < -0.39 is 0 Å². The summed E-state index contributed by atoms with van der Waals surface area (Å²) in [5, 5.41) is 3.38. The fraction of sp³-hybridized carbons (Fsp3) is 0.467. The molecule has 0 aromatic carbocycles. The van der Waals surface area contributed by atoms with Crippen LogP contribution in [0.25, 0.3) is 0 Å². The van der Waals surface area contributed by atoms with Crippen LogP contribution >= 0.6 is 0 Å². The fourth-order valence-electron chi connectivity index (χ4n) is 2.27. The molecule has 2 aromatic rings. The molecular formula is C15H22N4. The Hall–Kier alpha value is -1.68. The molecule has 0 amide bonds. The molecule has 1 unspecified atom stereocenters. The second kappa shape index (κ2) is 7.04. The van der Waals surface area contributed by atoms with Gasteiger partial charge in [0.2, 0.25) is 0 Å². The largest absolute Gasteiger partial charge is 0.335 e. The van der Waals surface area contributed by atoms with Gasteiger partial charge in [-0.1, -0.05) is 6.92 Å². The monoisotopic (exact) mass is 258 g/mol. The molecule has 0 bridgehead atoms. The normalized spacial score (nSPS) is 12.5. The van der Waals surface area contributed by atoms with Crippen molar-refractivity contribution in [3.63, 3.8) is 0 Å². The van der Waals surface area contributed by atoms with Gasteiger partial charge in [-0.05, 0) is 37.6 Å². The predicted molar refractivity (Wildman–Crippen MR) is 77.0 cm³/mol. The lowest BCUT2D eigenvalue weighted by Gasteiger charge is -2.16. The summed E-state index contributed by atoms with van der Waals surface area (Å²) < 4.78 is 2.25. The van der Waals surface area contributed by atoms with Crippen LogP contribution in [-0.2, 0) is 19.4 Å². The average Bonchev–Trinajstić information content (AvgIpc) is 2.87. The minimum Gasteiger partial charge on any atom is -0.335 e. The zero-order valence-corrected chi connectivity index (χ0v) is 11.7. The molecule has 2 rings (SSSR count). The number of imidazole rings is 1. The van der Waals surface area contributed by atoms with Gasteiger partial charge in [0.15, 0.2) is 0 Å². The summed E-state index contributed by atoms with van der Waals surface area (Å²) in [6.45, 7) is 3.23. The van der Waals surface area contributed by atoms with E-state index in [0.717, 1.165) is 31.6 Å². The van der Waals surface area contributed by atoms with Gasteiger partial charge in [0.1, 0.15) is 5.82 Å². The lowest BCUT2D eigenvalue weighted by atomic mass is 10.0. The summed E-state index contributed by atoms with van der Waals surface area (Å²) in [6, 6.07) is 4.55. The number of aromatic nitrogens is 3. The van der Waals surface area contributed by atoms with Crippen molar-refractivity contribution in [2.45, 2.75) is 38.8 Å². The topological polar surface area (TPSA) is 42.7 Å². The molecule has 0 spiro atoms. The van der Waals surface area contributed by atoms with Crippen molar-refractivity contribution in [3.05, 3.63) is 48.3 Å². The zero-order valence-electron chi connectivity index (χ0n) is 11.7. The van der Waals surface area contributed by atoms with E-state index in [2.05, 4.69) is 45.1 Å². The molecule has 19 heavy (non-hydrogen) atoms. The van der Waals surface area contributed by atoms with Crippen molar-refractivity contribution in [2.24, 2.45) is 0 Å². The number of hydrogen-bond acceptors (Lipinski definition) is 3. The lowest BCUT2D eigenvalue weighted by molar-refractivity contribution is 0.520.